The monoisotopic (exact) mass is 319 g/mol. The third-order valence-corrected chi connectivity index (χ3v) is 4.04. The van der Waals surface area contributed by atoms with E-state index in [4.69, 9.17) is 4.74 Å². The molecule has 0 aliphatic heterocycles. The van der Waals surface area contributed by atoms with Crippen LogP contribution in [-0.4, -0.2) is 23.7 Å². The van der Waals surface area contributed by atoms with Crippen LogP contribution in [0, 0.1) is 6.92 Å². The Morgan fingerprint density at radius 2 is 2.05 bits per heavy atom. The van der Waals surface area contributed by atoms with Crippen LogP contribution in [0.3, 0.4) is 0 Å². The molecule has 0 radical (unpaired) electrons. The van der Waals surface area contributed by atoms with Crippen LogP contribution >= 0.6 is 11.3 Å². The lowest BCUT2D eigenvalue weighted by molar-refractivity contribution is 0.206. The van der Waals surface area contributed by atoms with E-state index in [9.17, 15) is 4.79 Å². The third-order valence-electron chi connectivity index (χ3n) is 3.08. The highest BCUT2D eigenvalue weighted by molar-refractivity contribution is 7.09. The second kappa shape index (κ2) is 7.79. The lowest BCUT2D eigenvalue weighted by atomic mass is 10.2. The largest absolute Gasteiger partial charge is 0.489 e. The zero-order valence-corrected chi connectivity index (χ0v) is 13.8. The second-order valence-corrected chi connectivity index (χ2v) is 6.11. The van der Waals surface area contributed by atoms with E-state index in [-0.39, 0.29) is 18.2 Å². The van der Waals surface area contributed by atoms with Gasteiger partial charge in [-0.1, -0.05) is 17.7 Å². The van der Waals surface area contributed by atoms with E-state index in [1.807, 2.05) is 50.4 Å². The summed E-state index contributed by atoms with van der Waals surface area (Å²) in [7, 11) is 0. The molecule has 2 N–H and O–H groups in total. The van der Waals surface area contributed by atoms with Gasteiger partial charge in [0.15, 0.2) is 0 Å². The number of benzene rings is 1. The topological polar surface area (TPSA) is 63.2 Å². The summed E-state index contributed by atoms with van der Waals surface area (Å²) in [5.74, 6) is 0.802. The van der Waals surface area contributed by atoms with Crippen molar-refractivity contribution in [2.45, 2.75) is 32.9 Å². The normalized spacial score (nSPS) is 13.2. The van der Waals surface area contributed by atoms with E-state index < -0.39 is 0 Å². The molecule has 2 amide bonds. The fourth-order valence-electron chi connectivity index (χ4n) is 1.88. The van der Waals surface area contributed by atoms with Crippen LogP contribution in [-0.2, 0) is 0 Å². The highest BCUT2D eigenvalue weighted by Crippen LogP contribution is 2.14. The van der Waals surface area contributed by atoms with Gasteiger partial charge in [-0.15, -0.1) is 11.3 Å². The SMILES string of the molecule is Cc1ccc(O[C@H](C)CNC(=O)N[C@@H](C)c2nccs2)cc1. The van der Waals surface area contributed by atoms with Gasteiger partial charge in [0.2, 0.25) is 0 Å². The molecule has 1 heterocycles. The Hall–Kier alpha value is -2.08. The first-order valence-corrected chi connectivity index (χ1v) is 8.09. The van der Waals surface area contributed by atoms with Gasteiger partial charge < -0.3 is 15.4 Å². The Morgan fingerprint density at radius 3 is 2.68 bits per heavy atom. The smallest absolute Gasteiger partial charge is 0.315 e. The van der Waals surface area contributed by atoms with Crippen molar-refractivity contribution >= 4 is 17.4 Å². The minimum atomic E-state index is -0.220. The maximum Gasteiger partial charge on any atom is 0.315 e. The summed E-state index contributed by atoms with van der Waals surface area (Å²) in [5, 5.41) is 8.44. The van der Waals surface area contributed by atoms with Gasteiger partial charge in [-0.3, -0.25) is 0 Å². The number of rotatable bonds is 6. The van der Waals surface area contributed by atoms with E-state index in [1.54, 1.807) is 6.20 Å². The quantitative estimate of drug-likeness (QED) is 0.859. The molecule has 1 aromatic heterocycles. The molecule has 0 fully saturated rings. The van der Waals surface area contributed by atoms with Gasteiger partial charge in [0.1, 0.15) is 16.9 Å². The Balaban J connectivity index is 1.72. The molecule has 2 rings (SSSR count). The van der Waals surface area contributed by atoms with Gasteiger partial charge in [-0.05, 0) is 32.9 Å². The van der Waals surface area contributed by atoms with Crippen molar-refractivity contribution in [2.24, 2.45) is 0 Å². The molecule has 118 valence electrons. The van der Waals surface area contributed by atoms with Gasteiger partial charge >= 0.3 is 6.03 Å². The summed E-state index contributed by atoms with van der Waals surface area (Å²) in [6.45, 7) is 6.29. The number of nitrogens with zero attached hydrogens (tertiary/aromatic N) is 1. The van der Waals surface area contributed by atoms with Crippen LogP contribution in [0.1, 0.15) is 30.5 Å². The van der Waals surface area contributed by atoms with Gasteiger partial charge in [0, 0.05) is 11.6 Å². The number of urea groups is 1. The van der Waals surface area contributed by atoms with Crippen LogP contribution in [0.15, 0.2) is 35.8 Å². The summed E-state index contributed by atoms with van der Waals surface area (Å²) in [6.07, 6.45) is 1.62. The van der Waals surface area contributed by atoms with Crippen molar-refractivity contribution in [1.29, 1.82) is 0 Å². The van der Waals surface area contributed by atoms with Crippen LogP contribution in [0.25, 0.3) is 0 Å². The molecule has 2 aromatic rings. The molecule has 6 heteroatoms. The minimum Gasteiger partial charge on any atom is -0.489 e. The van der Waals surface area contributed by atoms with Crippen molar-refractivity contribution < 1.29 is 9.53 Å². The summed E-state index contributed by atoms with van der Waals surface area (Å²) in [5.41, 5.74) is 1.19. The minimum absolute atomic E-state index is 0.103. The number of carbonyl (C=O) groups excluding carboxylic acids is 1. The molecule has 0 aliphatic rings. The number of carbonyl (C=O) groups is 1. The lowest BCUT2D eigenvalue weighted by Gasteiger charge is -2.17. The van der Waals surface area contributed by atoms with E-state index in [0.717, 1.165) is 10.8 Å². The molecule has 0 bridgehead atoms. The predicted octanol–water partition coefficient (Wildman–Crippen LogP) is 3.28. The van der Waals surface area contributed by atoms with Crippen LogP contribution in [0.4, 0.5) is 4.79 Å². The van der Waals surface area contributed by atoms with E-state index in [2.05, 4.69) is 15.6 Å². The number of thiazole rings is 1. The van der Waals surface area contributed by atoms with Gasteiger partial charge in [0.25, 0.3) is 0 Å². The summed E-state index contributed by atoms with van der Waals surface area (Å²) in [4.78, 5) is 16.0. The molecule has 5 nitrogen and oxygen atoms in total. The molecule has 0 aliphatic carbocycles. The van der Waals surface area contributed by atoms with Crippen molar-refractivity contribution in [3.05, 3.63) is 46.4 Å². The van der Waals surface area contributed by atoms with Gasteiger partial charge in [0.05, 0.1) is 12.6 Å². The Labute approximate surface area is 134 Å². The second-order valence-electron chi connectivity index (χ2n) is 5.19. The first-order chi connectivity index (χ1) is 10.5. The number of amides is 2. The molecule has 0 saturated heterocycles. The van der Waals surface area contributed by atoms with Crippen molar-refractivity contribution in [2.75, 3.05) is 6.54 Å². The number of aromatic nitrogens is 1. The molecule has 0 unspecified atom stereocenters. The first-order valence-electron chi connectivity index (χ1n) is 7.21. The third kappa shape index (κ3) is 5.04. The molecular formula is C16H21N3O2S. The molecule has 2 atom stereocenters. The number of hydrogen-bond donors (Lipinski definition) is 2. The van der Waals surface area contributed by atoms with Crippen LogP contribution in [0.5, 0.6) is 5.75 Å². The Kier molecular flexibility index (Phi) is 5.77. The van der Waals surface area contributed by atoms with Crippen molar-refractivity contribution in [1.82, 2.24) is 15.6 Å². The van der Waals surface area contributed by atoms with Gasteiger partial charge in [-0.2, -0.15) is 0 Å². The highest BCUT2D eigenvalue weighted by Gasteiger charge is 2.12. The summed E-state index contributed by atoms with van der Waals surface area (Å²) < 4.78 is 5.74. The average Bonchev–Trinajstić information content (AvgIpc) is 3.02. The predicted molar refractivity (Wildman–Crippen MR) is 88.3 cm³/mol. The number of aryl methyl sites for hydroxylation is 1. The molecular weight excluding hydrogens is 298 g/mol. The fourth-order valence-corrected chi connectivity index (χ4v) is 2.53. The van der Waals surface area contributed by atoms with E-state index >= 15 is 0 Å². The first kappa shape index (κ1) is 16.3. The van der Waals surface area contributed by atoms with Crippen molar-refractivity contribution in [3.63, 3.8) is 0 Å². The lowest BCUT2D eigenvalue weighted by Crippen LogP contribution is -2.41. The van der Waals surface area contributed by atoms with Gasteiger partial charge in [-0.25, -0.2) is 9.78 Å². The Morgan fingerprint density at radius 1 is 1.32 bits per heavy atom. The zero-order valence-electron chi connectivity index (χ0n) is 13.0. The van der Waals surface area contributed by atoms with E-state index in [0.29, 0.717) is 6.54 Å². The molecule has 0 spiro atoms. The Bertz CT molecular complexity index is 584. The maximum atomic E-state index is 11.8. The summed E-state index contributed by atoms with van der Waals surface area (Å²) in [6, 6.07) is 7.53. The molecule has 1 aromatic carbocycles. The number of hydrogen-bond acceptors (Lipinski definition) is 4. The van der Waals surface area contributed by atoms with Crippen molar-refractivity contribution in [3.8, 4) is 5.75 Å². The number of nitrogens with one attached hydrogen (secondary N) is 2. The maximum absolute atomic E-state index is 11.8. The average molecular weight is 319 g/mol. The van der Waals surface area contributed by atoms with Crippen LogP contribution < -0.4 is 15.4 Å². The highest BCUT2D eigenvalue weighted by atomic mass is 32.1. The standard InChI is InChI=1S/C16H21N3O2S/c1-11-4-6-14(7-5-11)21-12(2)10-18-16(20)19-13(3)15-17-8-9-22-15/h4-9,12-13H,10H2,1-3H3,(H2,18,19,20)/t12-,13+/m1/s1. The fraction of sp³-hybridized carbons (Fsp3) is 0.375. The molecule has 22 heavy (non-hydrogen) atoms. The zero-order chi connectivity index (χ0) is 15.9. The summed E-state index contributed by atoms with van der Waals surface area (Å²) >= 11 is 1.52. The molecule has 0 saturated carbocycles. The number of ether oxygens (including phenoxy) is 1. The van der Waals surface area contributed by atoms with Crippen LogP contribution in [0.2, 0.25) is 0 Å². The van der Waals surface area contributed by atoms with E-state index in [1.165, 1.54) is 16.9 Å².